The summed E-state index contributed by atoms with van der Waals surface area (Å²) >= 11 is 0. The van der Waals surface area contributed by atoms with Crippen molar-refractivity contribution in [1.29, 1.82) is 5.26 Å². The highest BCUT2D eigenvalue weighted by Gasteiger charge is 2.00. The van der Waals surface area contributed by atoms with E-state index in [2.05, 4.69) is 4.98 Å². The summed E-state index contributed by atoms with van der Waals surface area (Å²) in [5, 5.41) is 8.62. The van der Waals surface area contributed by atoms with Crippen LogP contribution in [0.25, 0.3) is 11.3 Å². The average molecular weight is 198 g/mol. The van der Waals surface area contributed by atoms with E-state index in [1.54, 1.807) is 36.4 Å². The van der Waals surface area contributed by atoms with Crippen LogP contribution in [0.15, 0.2) is 42.5 Å². The van der Waals surface area contributed by atoms with E-state index in [1.807, 2.05) is 6.07 Å². The van der Waals surface area contributed by atoms with E-state index < -0.39 is 5.95 Å². The molecular formula is C12H7FN2. The van der Waals surface area contributed by atoms with Gasteiger partial charge in [0.1, 0.15) is 0 Å². The molecule has 0 saturated heterocycles. The van der Waals surface area contributed by atoms with Gasteiger partial charge in [-0.2, -0.15) is 9.65 Å². The van der Waals surface area contributed by atoms with Crippen LogP contribution in [0.5, 0.6) is 0 Å². The molecule has 2 nitrogen and oxygen atoms in total. The number of halogens is 1. The Balaban J connectivity index is 2.42. The highest BCUT2D eigenvalue weighted by molar-refractivity contribution is 5.59. The van der Waals surface area contributed by atoms with Crippen molar-refractivity contribution >= 4 is 0 Å². The largest absolute Gasteiger partial charge is 0.220 e. The smallest absolute Gasteiger partial charge is 0.213 e. The van der Waals surface area contributed by atoms with Gasteiger partial charge in [0.25, 0.3) is 0 Å². The van der Waals surface area contributed by atoms with Crippen LogP contribution in [-0.4, -0.2) is 4.98 Å². The molecule has 0 unspecified atom stereocenters. The molecular weight excluding hydrogens is 191 g/mol. The minimum absolute atomic E-state index is 0.503. The number of nitrogens with zero attached hydrogens (tertiary/aromatic N) is 2. The van der Waals surface area contributed by atoms with Crippen LogP contribution in [0.4, 0.5) is 4.39 Å². The quantitative estimate of drug-likeness (QED) is 0.660. The summed E-state index contributed by atoms with van der Waals surface area (Å²) in [6.45, 7) is 0. The molecule has 0 aliphatic carbocycles. The lowest BCUT2D eigenvalue weighted by atomic mass is 10.1. The summed E-state index contributed by atoms with van der Waals surface area (Å²) in [4.78, 5) is 3.75. The van der Waals surface area contributed by atoms with Crippen molar-refractivity contribution < 1.29 is 4.39 Å². The lowest BCUT2D eigenvalue weighted by Gasteiger charge is -1.99. The molecule has 0 aliphatic rings. The van der Waals surface area contributed by atoms with Crippen molar-refractivity contribution in [3.63, 3.8) is 0 Å². The van der Waals surface area contributed by atoms with Crippen LogP contribution < -0.4 is 0 Å². The molecule has 3 heteroatoms. The maximum atomic E-state index is 12.8. The second-order valence-electron chi connectivity index (χ2n) is 3.03. The Labute approximate surface area is 86.6 Å². The van der Waals surface area contributed by atoms with Gasteiger partial charge in [0.15, 0.2) is 0 Å². The summed E-state index contributed by atoms with van der Waals surface area (Å²) < 4.78 is 12.8. The third kappa shape index (κ3) is 2.00. The Bertz CT molecular complexity index is 512. The van der Waals surface area contributed by atoms with Crippen LogP contribution in [-0.2, 0) is 0 Å². The molecule has 0 saturated carbocycles. The third-order valence-corrected chi connectivity index (χ3v) is 2.02. The van der Waals surface area contributed by atoms with Crippen LogP contribution in [0.1, 0.15) is 5.56 Å². The fourth-order valence-electron chi connectivity index (χ4n) is 1.28. The number of aromatic nitrogens is 1. The lowest BCUT2D eigenvalue weighted by Crippen LogP contribution is -1.86. The first kappa shape index (κ1) is 9.35. The Morgan fingerprint density at radius 3 is 2.40 bits per heavy atom. The van der Waals surface area contributed by atoms with E-state index >= 15 is 0 Å². The van der Waals surface area contributed by atoms with E-state index in [9.17, 15) is 4.39 Å². The second kappa shape index (κ2) is 3.89. The molecule has 72 valence electrons. The van der Waals surface area contributed by atoms with Crippen molar-refractivity contribution in [2.75, 3.05) is 0 Å². The molecule has 1 heterocycles. The topological polar surface area (TPSA) is 36.7 Å². The first-order chi connectivity index (χ1) is 7.29. The van der Waals surface area contributed by atoms with Gasteiger partial charge in [0.2, 0.25) is 5.95 Å². The van der Waals surface area contributed by atoms with E-state index in [1.165, 1.54) is 6.07 Å². The Hall–Kier alpha value is -2.21. The molecule has 2 aromatic rings. The molecule has 0 aliphatic heterocycles. The van der Waals surface area contributed by atoms with Gasteiger partial charge in [-0.25, -0.2) is 4.98 Å². The highest BCUT2D eigenvalue weighted by Crippen LogP contribution is 2.17. The standard InChI is InChI=1S/C12H7FN2/c13-12-3-1-2-11(15-12)10-6-4-9(8-14)5-7-10/h1-7H. The Kier molecular flexibility index (Phi) is 2.42. The zero-order valence-corrected chi connectivity index (χ0v) is 7.81. The molecule has 15 heavy (non-hydrogen) atoms. The van der Waals surface area contributed by atoms with Gasteiger partial charge in [-0.3, -0.25) is 0 Å². The number of rotatable bonds is 1. The fourth-order valence-corrected chi connectivity index (χ4v) is 1.28. The van der Waals surface area contributed by atoms with E-state index in [0.29, 0.717) is 11.3 Å². The summed E-state index contributed by atoms with van der Waals surface area (Å²) in [7, 11) is 0. The minimum atomic E-state index is -0.503. The Morgan fingerprint density at radius 1 is 1.07 bits per heavy atom. The second-order valence-corrected chi connectivity index (χ2v) is 3.03. The molecule has 0 fully saturated rings. The van der Waals surface area contributed by atoms with Gasteiger partial charge in [-0.15, -0.1) is 0 Å². The zero-order valence-electron chi connectivity index (χ0n) is 7.81. The van der Waals surface area contributed by atoms with Crippen molar-refractivity contribution in [3.8, 4) is 17.3 Å². The van der Waals surface area contributed by atoms with E-state index in [4.69, 9.17) is 5.26 Å². The predicted molar refractivity (Wildman–Crippen MR) is 54.3 cm³/mol. The van der Waals surface area contributed by atoms with E-state index in [-0.39, 0.29) is 0 Å². The molecule has 1 aromatic heterocycles. The molecule has 0 amide bonds. The molecule has 1 aromatic carbocycles. The number of benzene rings is 1. The summed E-state index contributed by atoms with van der Waals surface area (Å²) in [6.07, 6.45) is 0. The number of hydrogen-bond acceptors (Lipinski definition) is 2. The first-order valence-electron chi connectivity index (χ1n) is 4.43. The summed E-state index contributed by atoms with van der Waals surface area (Å²) in [6, 6.07) is 13.5. The van der Waals surface area contributed by atoms with Crippen molar-refractivity contribution in [1.82, 2.24) is 4.98 Å². The summed E-state index contributed by atoms with van der Waals surface area (Å²) in [5.41, 5.74) is 1.95. The van der Waals surface area contributed by atoms with Crippen LogP contribution >= 0.6 is 0 Å². The van der Waals surface area contributed by atoms with Crippen LogP contribution in [0, 0.1) is 17.3 Å². The zero-order chi connectivity index (χ0) is 10.7. The van der Waals surface area contributed by atoms with Crippen LogP contribution in [0.2, 0.25) is 0 Å². The number of hydrogen-bond donors (Lipinski definition) is 0. The van der Waals surface area contributed by atoms with Crippen molar-refractivity contribution in [2.24, 2.45) is 0 Å². The maximum absolute atomic E-state index is 12.8. The minimum Gasteiger partial charge on any atom is -0.220 e. The van der Waals surface area contributed by atoms with Gasteiger partial charge in [-0.05, 0) is 24.3 Å². The van der Waals surface area contributed by atoms with Gasteiger partial charge in [0.05, 0.1) is 17.3 Å². The van der Waals surface area contributed by atoms with Gasteiger partial charge < -0.3 is 0 Å². The first-order valence-corrected chi connectivity index (χ1v) is 4.43. The molecule has 0 atom stereocenters. The summed E-state index contributed by atoms with van der Waals surface area (Å²) in [5.74, 6) is -0.503. The van der Waals surface area contributed by atoms with Gasteiger partial charge >= 0.3 is 0 Å². The third-order valence-electron chi connectivity index (χ3n) is 2.02. The SMILES string of the molecule is N#Cc1ccc(-c2cccc(F)n2)cc1. The molecule has 0 spiro atoms. The number of pyridine rings is 1. The lowest BCUT2D eigenvalue weighted by molar-refractivity contribution is 0.585. The molecule has 2 rings (SSSR count). The Morgan fingerprint density at radius 2 is 1.80 bits per heavy atom. The molecule has 0 bridgehead atoms. The predicted octanol–water partition coefficient (Wildman–Crippen LogP) is 2.76. The van der Waals surface area contributed by atoms with E-state index in [0.717, 1.165) is 5.56 Å². The average Bonchev–Trinajstić information content (AvgIpc) is 2.29. The van der Waals surface area contributed by atoms with Crippen molar-refractivity contribution in [3.05, 3.63) is 54.0 Å². The fraction of sp³-hybridized carbons (Fsp3) is 0. The van der Waals surface area contributed by atoms with Crippen LogP contribution in [0.3, 0.4) is 0 Å². The maximum Gasteiger partial charge on any atom is 0.213 e. The molecule has 0 radical (unpaired) electrons. The van der Waals surface area contributed by atoms with Gasteiger partial charge in [0, 0.05) is 5.56 Å². The van der Waals surface area contributed by atoms with Gasteiger partial charge in [-0.1, -0.05) is 18.2 Å². The molecule has 0 N–H and O–H groups in total. The number of nitriles is 1. The normalized spacial score (nSPS) is 9.60. The monoisotopic (exact) mass is 198 g/mol. The highest BCUT2D eigenvalue weighted by atomic mass is 19.1. The van der Waals surface area contributed by atoms with Crippen molar-refractivity contribution in [2.45, 2.75) is 0 Å².